The second kappa shape index (κ2) is 5.64. The van der Waals surface area contributed by atoms with Crippen molar-refractivity contribution in [1.82, 2.24) is 0 Å². The largest absolute Gasteiger partial charge is 0.453 e. The normalized spacial score (nSPS) is 10.9. The summed E-state index contributed by atoms with van der Waals surface area (Å²) in [5.74, 6) is 0.278. The molecule has 1 heterocycles. The highest BCUT2D eigenvalue weighted by Crippen LogP contribution is 2.19. The van der Waals surface area contributed by atoms with Gasteiger partial charge in [-0.05, 0) is 18.6 Å². The molecule has 0 fully saturated rings. The molecule has 0 spiro atoms. The van der Waals surface area contributed by atoms with Crippen LogP contribution in [0.15, 0.2) is 34.7 Å². The van der Waals surface area contributed by atoms with Crippen molar-refractivity contribution in [3.8, 4) is 0 Å². The molecule has 3 nitrogen and oxygen atoms in total. The summed E-state index contributed by atoms with van der Waals surface area (Å²) in [7, 11) is 0. The molecule has 0 bridgehead atoms. The van der Waals surface area contributed by atoms with Gasteiger partial charge in [0.15, 0.2) is 5.76 Å². The van der Waals surface area contributed by atoms with Crippen LogP contribution in [0.2, 0.25) is 0 Å². The number of hydrogen-bond donors (Lipinski definition) is 0. The second-order valence-electron chi connectivity index (χ2n) is 3.98. The van der Waals surface area contributed by atoms with Gasteiger partial charge in [0.05, 0.1) is 0 Å². The standard InChI is InChI=1S/C14H16O3/c1-2-3-8-16-10-12(15)14-9-11-6-4-5-7-13(11)17-14/h4-7,9H,2-3,8,10H2,1H3. The molecule has 0 aliphatic rings. The highest BCUT2D eigenvalue weighted by Gasteiger charge is 2.11. The van der Waals surface area contributed by atoms with Gasteiger partial charge in [-0.25, -0.2) is 0 Å². The van der Waals surface area contributed by atoms with Crippen LogP contribution in [0.5, 0.6) is 0 Å². The third kappa shape index (κ3) is 2.94. The van der Waals surface area contributed by atoms with E-state index in [0.717, 1.165) is 23.8 Å². The van der Waals surface area contributed by atoms with Crippen molar-refractivity contribution >= 4 is 16.8 Å². The monoisotopic (exact) mass is 232 g/mol. The van der Waals surface area contributed by atoms with Crippen molar-refractivity contribution in [3.05, 3.63) is 36.1 Å². The third-order valence-corrected chi connectivity index (χ3v) is 2.58. The van der Waals surface area contributed by atoms with Gasteiger partial charge in [0.1, 0.15) is 12.2 Å². The summed E-state index contributed by atoms with van der Waals surface area (Å²) in [6.07, 6.45) is 2.05. The molecule has 0 saturated heterocycles. The number of furan rings is 1. The minimum Gasteiger partial charge on any atom is -0.453 e. The zero-order valence-electron chi connectivity index (χ0n) is 9.94. The van der Waals surface area contributed by atoms with Crippen molar-refractivity contribution in [2.75, 3.05) is 13.2 Å². The Balaban J connectivity index is 1.99. The number of hydrogen-bond acceptors (Lipinski definition) is 3. The van der Waals surface area contributed by atoms with Gasteiger partial charge in [-0.3, -0.25) is 4.79 Å². The molecular formula is C14H16O3. The Labute approximate surface area is 100 Å². The summed E-state index contributed by atoms with van der Waals surface area (Å²) in [6, 6.07) is 9.35. The summed E-state index contributed by atoms with van der Waals surface area (Å²) in [5, 5.41) is 0.949. The number of Topliss-reactive ketones (excluding diaryl/α,β-unsaturated/α-hetero) is 1. The van der Waals surface area contributed by atoms with E-state index < -0.39 is 0 Å². The molecule has 0 radical (unpaired) electrons. The van der Waals surface area contributed by atoms with E-state index in [1.807, 2.05) is 24.3 Å². The van der Waals surface area contributed by atoms with Crippen LogP contribution in [-0.4, -0.2) is 19.0 Å². The number of carbonyl (C=O) groups is 1. The van der Waals surface area contributed by atoms with Crippen LogP contribution in [0, 0.1) is 0 Å². The van der Waals surface area contributed by atoms with E-state index >= 15 is 0 Å². The fraction of sp³-hybridized carbons (Fsp3) is 0.357. The maximum absolute atomic E-state index is 11.8. The Morgan fingerprint density at radius 2 is 2.18 bits per heavy atom. The van der Waals surface area contributed by atoms with Crippen LogP contribution in [0.1, 0.15) is 30.3 Å². The quantitative estimate of drug-likeness (QED) is 0.565. The van der Waals surface area contributed by atoms with Crippen LogP contribution in [0.25, 0.3) is 11.0 Å². The average molecular weight is 232 g/mol. The van der Waals surface area contributed by atoms with Crippen LogP contribution < -0.4 is 0 Å². The van der Waals surface area contributed by atoms with Gasteiger partial charge < -0.3 is 9.15 Å². The van der Waals surface area contributed by atoms with Gasteiger partial charge >= 0.3 is 0 Å². The number of rotatable bonds is 6. The predicted octanol–water partition coefficient (Wildman–Crippen LogP) is 3.43. The SMILES string of the molecule is CCCCOCC(=O)c1cc2ccccc2o1. The number of benzene rings is 1. The molecule has 2 rings (SSSR count). The lowest BCUT2D eigenvalue weighted by atomic mass is 10.2. The predicted molar refractivity (Wildman–Crippen MR) is 66.3 cm³/mol. The summed E-state index contributed by atoms with van der Waals surface area (Å²) < 4.78 is 10.7. The van der Waals surface area contributed by atoms with Gasteiger partial charge in [0.2, 0.25) is 5.78 Å². The van der Waals surface area contributed by atoms with E-state index in [1.54, 1.807) is 6.07 Å². The first-order valence-corrected chi connectivity index (χ1v) is 5.91. The molecule has 0 aliphatic heterocycles. The number of unbranched alkanes of at least 4 members (excludes halogenated alkanes) is 1. The van der Waals surface area contributed by atoms with E-state index in [4.69, 9.17) is 9.15 Å². The van der Waals surface area contributed by atoms with Gasteiger partial charge in [0, 0.05) is 12.0 Å². The van der Waals surface area contributed by atoms with Crippen molar-refractivity contribution in [3.63, 3.8) is 0 Å². The zero-order valence-corrected chi connectivity index (χ0v) is 9.94. The molecule has 1 aromatic carbocycles. The lowest BCUT2D eigenvalue weighted by Gasteiger charge is -1.99. The lowest BCUT2D eigenvalue weighted by molar-refractivity contribution is 0.0730. The van der Waals surface area contributed by atoms with Crippen LogP contribution in [-0.2, 0) is 4.74 Å². The van der Waals surface area contributed by atoms with E-state index in [0.29, 0.717) is 12.4 Å². The minimum absolute atomic E-state index is 0.0970. The summed E-state index contributed by atoms with van der Waals surface area (Å²) >= 11 is 0. The number of fused-ring (bicyclic) bond motifs is 1. The molecule has 3 heteroatoms. The van der Waals surface area contributed by atoms with Gasteiger partial charge in [0.25, 0.3) is 0 Å². The first-order chi connectivity index (χ1) is 8.31. The van der Waals surface area contributed by atoms with Crippen molar-refractivity contribution in [2.45, 2.75) is 19.8 Å². The van der Waals surface area contributed by atoms with E-state index in [2.05, 4.69) is 6.92 Å². The van der Waals surface area contributed by atoms with Gasteiger partial charge in [-0.15, -0.1) is 0 Å². The van der Waals surface area contributed by atoms with Crippen molar-refractivity contribution in [2.24, 2.45) is 0 Å². The Hall–Kier alpha value is -1.61. The van der Waals surface area contributed by atoms with E-state index in [9.17, 15) is 4.79 Å². The Morgan fingerprint density at radius 3 is 2.94 bits per heavy atom. The smallest absolute Gasteiger partial charge is 0.223 e. The number of ether oxygens (including phenoxy) is 1. The highest BCUT2D eigenvalue weighted by atomic mass is 16.5. The van der Waals surface area contributed by atoms with E-state index in [1.165, 1.54) is 0 Å². The molecular weight excluding hydrogens is 216 g/mol. The fourth-order valence-electron chi connectivity index (χ4n) is 1.60. The van der Waals surface area contributed by atoms with Gasteiger partial charge in [-0.2, -0.15) is 0 Å². The first-order valence-electron chi connectivity index (χ1n) is 5.91. The van der Waals surface area contributed by atoms with Crippen molar-refractivity contribution < 1.29 is 13.9 Å². The fourth-order valence-corrected chi connectivity index (χ4v) is 1.60. The van der Waals surface area contributed by atoms with Crippen LogP contribution >= 0.6 is 0 Å². The summed E-state index contributed by atoms with van der Waals surface area (Å²) in [6.45, 7) is 2.81. The number of carbonyl (C=O) groups excluding carboxylic acids is 1. The number of para-hydroxylation sites is 1. The van der Waals surface area contributed by atoms with Gasteiger partial charge in [-0.1, -0.05) is 31.5 Å². The maximum atomic E-state index is 11.8. The lowest BCUT2D eigenvalue weighted by Crippen LogP contribution is -2.08. The molecule has 0 aliphatic carbocycles. The average Bonchev–Trinajstić information content (AvgIpc) is 2.78. The topological polar surface area (TPSA) is 39.4 Å². The molecule has 0 amide bonds. The number of ketones is 1. The molecule has 17 heavy (non-hydrogen) atoms. The maximum Gasteiger partial charge on any atom is 0.223 e. The highest BCUT2D eigenvalue weighted by molar-refractivity contribution is 5.98. The summed E-state index contributed by atoms with van der Waals surface area (Å²) in [5.41, 5.74) is 0.740. The minimum atomic E-state index is -0.0997. The van der Waals surface area contributed by atoms with Crippen LogP contribution in [0.4, 0.5) is 0 Å². The summed E-state index contributed by atoms with van der Waals surface area (Å²) in [4.78, 5) is 11.8. The zero-order chi connectivity index (χ0) is 12.1. The molecule has 1 aromatic heterocycles. The van der Waals surface area contributed by atoms with E-state index in [-0.39, 0.29) is 12.4 Å². The Morgan fingerprint density at radius 1 is 1.35 bits per heavy atom. The Bertz CT molecular complexity index is 466. The third-order valence-electron chi connectivity index (χ3n) is 2.58. The van der Waals surface area contributed by atoms with Crippen LogP contribution in [0.3, 0.4) is 0 Å². The van der Waals surface area contributed by atoms with Crippen molar-refractivity contribution in [1.29, 1.82) is 0 Å². The Kier molecular flexibility index (Phi) is 3.94. The second-order valence-corrected chi connectivity index (χ2v) is 3.98. The molecule has 0 atom stereocenters. The molecule has 0 saturated carbocycles. The molecule has 0 N–H and O–H groups in total. The molecule has 90 valence electrons. The molecule has 0 unspecified atom stereocenters. The first kappa shape index (κ1) is 11.9. The molecule has 2 aromatic rings.